The van der Waals surface area contributed by atoms with E-state index < -0.39 is 11.9 Å². The van der Waals surface area contributed by atoms with Crippen LogP contribution in [-0.4, -0.2) is 28.7 Å². The molecular formula is C19H21N3O3. The summed E-state index contributed by atoms with van der Waals surface area (Å²) in [6, 6.07) is 14.4. The number of aromatic hydroxyl groups is 1. The maximum atomic E-state index is 12.4. The maximum absolute atomic E-state index is 12.4. The number of nitrogens with zero attached hydrogens (tertiary/aromatic N) is 1. The quantitative estimate of drug-likeness (QED) is 0.557. The second-order valence-electron chi connectivity index (χ2n) is 5.80. The van der Waals surface area contributed by atoms with Crippen LogP contribution in [0.25, 0.3) is 0 Å². The monoisotopic (exact) mass is 339 g/mol. The van der Waals surface area contributed by atoms with Crippen LogP contribution in [0.5, 0.6) is 5.75 Å². The van der Waals surface area contributed by atoms with Crippen molar-refractivity contribution in [3.8, 4) is 5.75 Å². The summed E-state index contributed by atoms with van der Waals surface area (Å²) < 4.78 is 0. The molecule has 0 aliphatic heterocycles. The number of rotatable bonds is 6. The first-order chi connectivity index (χ1) is 12.0. The first-order valence-corrected chi connectivity index (χ1v) is 7.90. The van der Waals surface area contributed by atoms with Gasteiger partial charge < -0.3 is 10.4 Å². The van der Waals surface area contributed by atoms with Crippen LogP contribution in [-0.2, 0) is 11.2 Å². The number of benzene rings is 2. The second-order valence-corrected chi connectivity index (χ2v) is 5.80. The van der Waals surface area contributed by atoms with Gasteiger partial charge in [0, 0.05) is 17.7 Å². The lowest BCUT2D eigenvalue weighted by Gasteiger charge is -2.17. The predicted octanol–water partition coefficient (Wildman–Crippen LogP) is 2.25. The predicted molar refractivity (Wildman–Crippen MR) is 96.4 cm³/mol. The lowest BCUT2D eigenvalue weighted by molar-refractivity contribution is -0.122. The highest BCUT2D eigenvalue weighted by Crippen LogP contribution is 2.12. The minimum atomic E-state index is -0.791. The molecule has 0 aromatic heterocycles. The van der Waals surface area contributed by atoms with Gasteiger partial charge in [-0.2, -0.15) is 5.10 Å². The molecule has 0 fully saturated rings. The molecule has 2 aromatic rings. The zero-order valence-electron chi connectivity index (χ0n) is 14.2. The first-order valence-electron chi connectivity index (χ1n) is 7.90. The van der Waals surface area contributed by atoms with Crippen molar-refractivity contribution in [1.82, 2.24) is 10.7 Å². The third-order valence-electron chi connectivity index (χ3n) is 3.42. The van der Waals surface area contributed by atoms with Crippen molar-refractivity contribution in [1.29, 1.82) is 0 Å². The highest BCUT2D eigenvalue weighted by atomic mass is 16.3. The third kappa shape index (κ3) is 5.76. The van der Waals surface area contributed by atoms with Crippen molar-refractivity contribution >= 4 is 17.5 Å². The Balaban J connectivity index is 2.15. The molecule has 0 saturated carbocycles. The number of carbonyl (C=O) groups excluding carboxylic acids is 2. The van der Waals surface area contributed by atoms with Crippen molar-refractivity contribution < 1.29 is 14.7 Å². The van der Waals surface area contributed by atoms with Crippen LogP contribution >= 0.6 is 0 Å². The fourth-order valence-corrected chi connectivity index (χ4v) is 2.15. The molecule has 2 amide bonds. The SMILES string of the molecule is CC(C)=NNC(=O)[C@@H](Cc1ccc(O)cc1)NC(=O)c1ccccc1. The fraction of sp³-hybridized carbons (Fsp3) is 0.211. The van der Waals surface area contributed by atoms with Gasteiger partial charge in [0.2, 0.25) is 0 Å². The van der Waals surface area contributed by atoms with E-state index in [0.29, 0.717) is 11.3 Å². The van der Waals surface area contributed by atoms with Gasteiger partial charge in [0.25, 0.3) is 11.8 Å². The minimum absolute atomic E-state index is 0.143. The Morgan fingerprint density at radius 2 is 1.68 bits per heavy atom. The minimum Gasteiger partial charge on any atom is -0.508 e. The van der Waals surface area contributed by atoms with Crippen LogP contribution in [0.3, 0.4) is 0 Å². The normalized spacial score (nSPS) is 11.3. The fourth-order valence-electron chi connectivity index (χ4n) is 2.15. The van der Waals surface area contributed by atoms with Gasteiger partial charge >= 0.3 is 0 Å². The molecule has 0 heterocycles. The third-order valence-corrected chi connectivity index (χ3v) is 3.42. The van der Waals surface area contributed by atoms with Crippen LogP contribution in [0.1, 0.15) is 29.8 Å². The van der Waals surface area contributed by atoms with E-state index in [2.05, 4.69) is 15.8 Å². The largest absolute Gasteiger partial charge is 0.508 e. The van der Waals surface area contributed by atoms with Crippen molar-refractivity contribution in [3.05, 3.63) is 65.7 Å². The molecule has 0 unspecified atom stereocenters. The van der Waals surface area contributed by atoms with Crippen LogP contribution in [0.2, 0.25) is 0 Å². The second kappa shape index (κ2) is 8.63. The Morgan fingerprint density at radius 1 is 1.04 bits per heavy atom. The number of nitrogens with one attached hydrogen (secondary N) is 2. The Hall–Kier alpha value is -3.15. The molecular weight excluding hydrogens is 318 g/mol. The summed E-state index contributed by atoms with van der Waals surface area (Å²) in [5.74, 6) is -0.598. The number of amides is 2. The summed E-state index contributed by atoms with van der Waals surface area (Å²) in [6.07, 6.45) is 0.281. The summed E-state index contributed by atoms with van der Waals surface area (Å²) in [4.78, 5) is 24.8. The van der Waals surface area contributed by atoms with Crippen molar-refractivity contribution in [2.45, 2.75) is 26.3 Å². The van der Waals surface area contributed by atoms with E-state index in [9.17, 15) is 14.7 Å². The van der Waals surface area contributed by atoms with E-state index in [1.165, 1.54) is 12.1 Å². The van der Waals surface area contributed by atoms with Crippen LogP contribution in [0.4, 0.5) is 0 Å². The number of phenols is 1. The van der Waals surface area contributed by atoms with Crippen molar-refractivity contribution in [2.75, 3.05) is 0 Å². The summed E-state index contributed by atoms with van der Waals surface area (Å²) in [5, 5.41) is 16.0. The van der Waals surface area contributed by atoms with Gasteiger partial charge in [0.1, 0.15) is 11.8 Å². The smallest absolute Gasteiger partial charge is 0.262 e. The molecule has 0 radical (unpaired) electrons. The molecule has 0 saturated heterocycles. The van der Waals surface area contributed by atoms with Crippen molar-refractivity contribution in [2.24, 2.45) is 5.10 Å². The highest BCUT2D eigenvalue weighted by Gasteiger charge is 2.21. The van der Waals surface area contributed by atoms with Gasteiger partial charge in [-0.25, -0.2) is 5.43 Å². The molecule has 0 bridgehead atoms. The van der Waals surface area contributed by atoms with E-state index in [1.54, 1.807) is 50.2 Å². The van der Waals surface area contributed by atoms with Gasteiger partial charge in [0.05, 0.1) is 0 Å². The zero-order valence-corrected chi connectivity index (χ0v) is 14.2. The summed E-state index contributed by atoms with van der Waals surface area (Å²) >= 11 is 0. The molecule has 25 heavy (non-hydrogen) atoms. The first kappa shape index (κ1) is 18.2. The van der Waals surface area contributed by atoms with Gasteiger partial charge in [-0.15, -0.1) is 0 Å². The number of phenolic OH excluding ortho intramolecular Hbond substituents is 1. The van der Waals surface area contributed by atoms with Gasteiger partial charge in [-0.1, -0.05) is 30.3 Å². The van der Waals surface area contributed by atoms with Crippen LogP contribution < -0.4 is 10.7 Å². The van der Waals surface area contributed by atoms with E-state index >= 15 is 0 Å². The Bertz CT molecular complexity index is 751. The topological polar surface area (TPSA) is 90.8 Å². The van der Waals surface area contributed by atoms with Gasteiger partial charge in [-0.3, -0.25) is 9.59 Å². The summed E-state index contributed by atoms with van der Waals surface area (Å²) in [6.45, 7) is 3.52. The van der Waals surface area contributed by atoms with Gasteiger partial charge in [-0.05, 0) is 43.7 Å². The number of carbonyl (C=O) groups is 2. The molecule has 2 aromatic carbocycles. The molecule has 2 rings (SSSR count). The Labute approximate surface area is 146 Å². The van der Waals surface area contributed by atoms with E-state index in [4.69, 9.17) is 0 Å². The van der Waals surface area contributed by atoms with Crippen molar-refractivity contribution in [3.63, 3.8) is 0 Å². The summed E-state index contributed by atoms with van der Waals surface area (Å²) in [5.41, 5.74) is 4.44. The number of hydrogen-bond acceptors (Lipinski definition) is 4. The maximum Gasteiger partial charge on any atom is 0.262 e. The average molecular weight is 339 g/mol. The van der Waals surface area contributed by atoms with Crippen LogP contribution in [0.15, 0.2) is 59.7 Å². The molecule has 0 aliphatic rings. The lowest BCUT2D eigenvalue weighted by atomic mass is 10.0. The Kier molecular flexibility index (Phi) is 6.28. The standard InChI is InChI=1S/C19H21N3O3/c1-13(2)21-22-19(25)17(12-14-8-10-16(23)11-9-14)20-18(24)15-6-4-3-5-7-15/h3-11,17,23H,12H2,1-2H3,(H,20,24)(H,22,25)/t17-/m1/s1. The molecule has 3 N–H and O–H groups in total. The number of hydrazone groups is 1. The lowest BCUT2D eigenvalue weighted by Crippen LogP contribution is -2.47. The van der Waals surface area contributed by atoms with E-state index in [0.717, 1.165) is 5.56 Å². The van der Waals surface area contributed by atoms with E-state index in [1.807, 2.05) is 6.07 Å². The Morgan fingerprint density at radius 3 is 2.28 bits per heavy atom. The van der Waals surface area contributed by atoms with Gasteiger partial charge in [0.15, 0.2) is 0 Å². The van der Waals surface area contributed by atoms with Crippen LogP contribution in [0, 0.1) is 0 Å². The molecule has 0 spiro atoms. The molecule has 6 nitrogen and oxygen atoms in total. The zero-order chi connectivity index (χ0) is 18.2. The molecule has 0 aliphatic carbocycles. The highest BCUT2D eigenvalue weighted by molar-refractivity contribution is 5.97. The summed E-state index contributed by atoms with van der Waals surface area (Å²) in [7, 11) is 0. The van der Waals surface area contributed by atoms with E-state index in [-0.39, 0.29) is 18.1 Å². The molecule has 130 valence electrons. The molecule has 1 atom stereocenters. The molecule has 6 heteroatoms. The average Bonchev–Trinajstić information content (AvgIpc) is 2.61. The number of hydrogen-bond donors (Lipinski definition) is 3.